The summed E-state index contributed by atoms with van der Waals surface area (Å²) in [6, 6.07) is 18.7. The number of methoxy groups -OCH3 is 1. The predicted molar refractivity (Wildman–Crippen MR) is 95.2 cm³/mol. The van der Waals surface area contributed by atoms with E-state index in [-0.39, 0.29) is 0 Å². The normalized spacial score (nSPS) is 11.3. The molecule has 0 N–H and O–H groups in total. The maximum Gasteiger partial charge on any atom is 0.177 e. The molecule has 23 heavy (non-hydrogen) atoms. The Labute approximate surface area is 135 Å². The van der Waals surface area contributed by atoms with Crippen molar-refractivity contribution in [1.82, 2.24) is 0 Å². The SMILES string of the molecule is COc1c(-c2cccc(C)c2C)ccc2c1oc1ccccc12. The van der Waals surface area contributed by atoms with Crippen LogP contribution in [-0.4, -0.2) is 7.11 Å². The number of hydrogen-bond acceptors (Lipinski definition) is 2. The summed E-state index contributed by atoms with van der Waals surface area (Å²) in [6.45, 7) is 4.28. The molecule has 4 aromatic rings. The van der Waals surface area contributed by atoms with Crippen LogP contribution in [-0.2, 0) is 0 Å². The number of benzene rings is 3. The van der Waals surface area contributed by atoms with E-state index in [1.165, 1.54) is 16.7 Å². The first-order valence-corrected chi connectivity index (χ1v) is 7.75. The molecule has 114 valence electrons. The highest BCUT2D eigenvalue weighted by Crippen LogP contribution is 2.42. The van der Waals surface area contributed by atoms with Gasteiger partial charge in [-0.1, -0.05) is 36.4 Å². The third-order valence-electron chi connectivity index (χ3n) is 4.60. The predicted octanol–water partition coefficient (Wildman–Crippen LogP) is 5.88. The maximum atomic E-state index is 6.08. The lowest BCUT2D eigenvalue weighted by Crippen LogP contribution is -1.92. The van der Waals surface area contributed by atoms with Gasteiger partial charge in [0.05, 0.1) is 7.11 Å². The molecule has 0 saturated carbocycles. The average molecular weight is 302 g/mol. The molecule has 3 aromatic carbocycles. The molecule has 0 spiro atoms. The van der Waals surface area contributed by atoms with Gasteiger partial charge in [0.15, 0.2) is 11.3 Å². The third-order valence-corrected chi connectivity index (χ3v) is 4.60. The second kappa shape index (κ2) is 5.17. The summed E-state index contributed by atoms with van der Waals surface area (Å²) in [5.41, 5.74) is 6.49. The largest absolute Gasteiger partial charge is 0.492 e. The summed E-state index contributed by atoms with van der Waals surface area (Å²) in [7, 11) is 1.70. The van der Waals surface area contributed by atoms with E-state index >= 15 is 0 Å². The molecule has 4 rings (SSSR count). The smallest absolute Gasteiger partial charge is 0.177 e. The Hall–Kier alpha value is -2.74. The minimum Gasteiger partial charge on any atom is -0.492 e. The van der Waals surface area contributed by atoms with Crippen molar-refractivity contribution in [2.24, 2.45) is 0 Å². The highest BCUT2D eigenvalue weighted by atomic mass is 16.5. The summed E-state index contributed by atoms with van der Waals surface area (Å²) in [5.74, 6) is 0.799. The van der Waals surface area contributed by atoms with Gasteiger partial charge in [0.2, 0.25) is 0 Å². The number of fused-ring (bicyclic) bond motifs is 3. The van der Waals surface area contributed by atoms with Crippen LogP contribution in [0.5, 0.6) is 5.75 Å². The molecule has 0 amide bonds. The van der Waals surface area contributed by atoms with E-state index < -0.39 is 0 Å². The maximum absolute atomic E-state index is 6.08. The summed E-state index contributed by atoms with van der Waals surface area (Å²) in [5, 5.41) is 2.21. The molecule has 0 aliphatic rings. The van der Waals surface area contributed by atoms with E-state index in [9.17, 15) is 0 Å². The van der Waals surface area contributed by atoms with Crippen molar-refractivity contribution in [2.45, 2.75) is 13.8 Å². The van der Waals surface area contributed by atoms with Crippen molar-refractivity contribution >= 4 is 21.9 Å². The minimum absolute atomic E-state index is 0.799. The first-order chi connectivity index (χ1) is 11.2. The molecule has 2 nitrogen and oxygen atoms in total. The fourth-order valence-corrected chi connectivity index (χ4v) is 3.22. The monoisotopic (exact) mass is 302 g/mol. The van der Waals surface area contributed by atoms with Gasteiger partial charge in [0, 0.05) is 16.3 Å². The quantitative estimate of drug-likeness (QED) is 0.461. The van der Waals surface area contributed by atoms with Gasteiger partial charge in [0.1, 0.15) is 5.58 Å². The van der Waals surface area contributed by atoms with Crippen LogP contribution in [0.25, 0.3) is 33.1 Å². The number of ether oxygens (including phenoxy) is 1. The topological polar surface area (TPSA) is 22.4 Å². The van der Waals surface area contributed by atoms with Crippen LogP contribution in [0.3, 0.4) is 0 Å². The molecule has 0 aliphatic carbocycles. The highest BCUT2D eigenvalue weighted by Gasteiger charge is 2.17. The van der Waals surface area contributed by atoms with Crippen molar-refractivity contribution in [1.29, 1.82) is 0 Å². The summed E-state index contributed by atoms with van der Waals surface area (Å²) in [6.07, 6.45) is 0. The Morgan fingerprint density at radius 2 is 1.61 bits per heavy atom. The summed E-state index contributed by atoms with van der Waals surface area (Å²) >= 11 is 0. The molecular weight excluding hydrogens is 284 g/mol. The fourth-order valence-electron chi connectivity index (χ4n) is 3.22. The number of para-hydroxylation sites is 1. The Kier molecular flexibility index (Phi) is 3.12. The molecule has 0 saturated heterocycles. The molecule has 0 atom stereocenters. The van der Waals surface area contributed by atoms with Gasteiger partial charge in [-0.3, -0.25) is 0 Å². The van der Waals surface area contributed by atoms with Crippen LogP contribution in [0.4, 0.5) is 0 Å². The number of aryl methyl sites for hydroxylation is 1. The number of furan rings is 1. The van der Waals surface area contributed by atoms with Crippen molar-refractivity contribution < 1.29 is 9.15 Å². The first kappa shape index (κ1) is 13.9. The van der Waals surface area contributed by atoms with E-state index in [1.54, 1.807) is 7.11 Å². The zero-order valence-electron chi connectivity index (χ0n) is 13.5. The zero-order valence-corrected chi connectivity index (χ0v) is 13.5. The van der Waals surface area contributed by atoms with Gasteiger partial charge in [0.25, 0.3) is 0 Å². The van der Waals surface area contributed by atoms with Crippen molar-refractivity contribution in [3.8, 4) is 16.9 Å². The van der Waals surface area contributed by atoms with Crippen LogP contribution in [0, 0.1) is 13.8 Å². The van der Waals surface area contributed by atoms with E-state index in [2.05, 4.69) is 50.2 Å². The van der Waals surface area contributed by atoms with Gasteiger partial charge in [-0.05, 0) is 48.7 Å². The van der Waals surface area contributed by atoms with Gasteiger partial charge in [-0.2, -0.15) is 0 Å². The van der Waals surface area contributed by atoms with E-state index in [1.807, 2.05) is 18.2 Å². The van der Waals surface area contributed by atoms with E-state index in [0.29, 0.717) is 0 Å². The van der Waals surface area contributed by atoms with Gasteiger partial charge in [-0.25, -0.2) is 0 Å². The summed E-state index contributed by atoms with van der Waals surface area (Å²) in [4.78, 5) is 0. The molecule has 0 fully saturated rings. The molecule has 0 unspecified atom stereocenters. The molecule has 0 radical (unpaired) electrons. The first-order valence-electron chi connectivity index (χ1n) is 7.75. The lowest BCUT2D eigenvalue weighted by molar-refractivity contribution is 0.413. The van der Waals surface area contributed by atoms with Crippen molar-refractivity contribution in [3.63, 3.8) is 0 Å². The number of hydrogen-bond donors (Lipinski definition) is 0. The zero-order chi connectivity index (χ0) is 16.0. The Bertz CT molecular complexity index is 1020. The van der Waals surface area contributed by atoms with Crippen LogP contribution in [0.1, 0.15) is 11.1 Å². The van der Waals surface area contributed by atoms with Crippen molar-refractivity contribution in [3.05, 3.63) is 65.7 Å². The van der Waals surface area contributed by atoms with Crippen LogP contribution in [0.2, 0.25) is 0 Å². The Balaban J connectivity index is 2.08. The number of rotatable bonds is 2. The highest BCUT2D eigenvalue weighted by molar-refractivity contribution is 6.08. The molecule has 0 bridgehead atoms. The lowest BCUT2D eigenvalue weighted by Gasteiger charge is -2.13. The van der Waals surface area contributed by atoms with E-state index in [0.717, 1.165) is 33.3 Å². The molecule has 2 heteroatoms. The molecule has 0 aliphatic heterocycles. The minimum atomic E-state index is 0.799. The second-order valence-corrected chi connectivity index (χ2v) is 5.87. The molecular formula is C21H18O2. The Morgan fingerprint density at radius 1 is 0.783 bits per heavy atom. The summed E-state index contributed by atoms with van der Waals surface area (Å²) < 4.78 is 11.8. The Morgan fingerprint density at radius 3 is 2.43 bits per heavy atom. The average Bonchev–Trinajstić information content (AvgIpc) is 2.95. The van der Waals surface area contributed by atoms with Gasteiger partial charge >= 0.3 is 0 Å². The lowest BCUT2D eigenvalue weighted by atomic mass is 9.95. The van der Waals surface area contributed by atoms with E-state index in [4.69, 9.17) is 9.15 Å². The fraction of sp³-hybridized carbons (Fsp3) is 0.143. The molecule has 1 aromatic heterocycles. The van der Waals surface area contributed by atoms with Crippen LogP contribution >= 0.6 is 0 Å². The molecule has 1 heterocycles. The van der Waals surface area contributed by atoms with Crippen LogP contribution < -0.4 is 4.74 Å². The third kappa shape index (κ3) is 2.02. The van der Waals surface area contributed by atoms with Gasteiger partial charge < -0.3 is 9.15 Å². The van der Waals surface area contributed by atoms with Crippen LogP contribution in [0.15, 0.2) is 59.0 Å². The van der Waals surface area contributed by atoms with Gasteiger partial charge in [-0.15, -0.1) is 0 Å². The standard InChI is InChI=1S/C21H18O2/c1-13-7-6-9-15(14(13)2)17-11-12-18-16-8-4-5-10-19(16)23-21(18)20(17)22-3/h4-12H,1-3H3. The second-order valence-electron chi connectivity index (χ2n) is 5.87. The van der Waals surface area contributed by atoms with Crippen molar-refractivity contribution in [2.75, 3.05) is 7.11 Å².